The lowest BCUT2D eigenvalue weighted by Gasteiger charge is -2.17. The maximum Gasteiger partial charge on any atom is 0.0985 e. The van der Waals surface area contributed by atoms with Gasteiger partial charge in [-0.1, -0.05) is 20.3 Å². The van der Waals surface area contributed by atoms with E-state index in [0.717, 1.165) is 23.4 Å². The van der Waals surface area contributed by atoms with Crippen LogP contribution in [-0.4, -0.2) is 10.1 Å². The van der Waals surface area contributed by atoms with E-state index in [4.69, 9.17) is 0 Å². The molecule has 0 spiro atoms. The van der Waals surface area contributed by atoms with Gasteiger partial charge in [0.05, 0.1) is 11.8 Å². The van der Waals surface area contributed by atoms with Gasteiger partial charge in [-0.15, -0.1) is 0 Å². The van der Waals surface area contributed by atoms with Gasteiger partial charge in [0.2, 0.25) is 0 Å². The molecule has 1 heterocycles. The summed E-state index contributed by atoms with van der Waals surface area (Å²) in [5.41, 5.74) is 2.94. The van der Waals surface area contributed by atoms with Crippen LogP contribution in [0.2, 0.25) is 0 Å². The standard InChI is InChI=1S/C12H19NO/c1-5-9(3)12(14)11-7-8(2)6-10(4)13-11/h6-7,9,12,14H,5H2,1-4H3. The normalized spacial score (nSPS) is 15.2. The van der Waals surface area contributed by atoms with E-state index < -0.39 is 6.10 Å². The van der Waals surface area contributed by atoms with E-state index in [1.807, 2.05) is 32.9 Å². The van der Waals surface area contributed by atoms with Gasteiger partial charge in [0.1, 0.15) is 0 Å². The number of rotatable bonds is 3. The summed E-state index contributed by atoms with van der Waals surface area (Å²) in [5.74, 6) is 0.267. The van der Waals surface area contributed by atoms with E-state index in [1.54, 1.807) is 0 Å². The fourth-order valence-electron chi connectivity index (χ4n) is 1.54. The summed E-state index contributed by atoms with van der Waals surface area (Å²) in [4.78, 5) is 4.35. The van der Waals surface area contributed by atoms with Crippen molar-refractivity contribution >= 4 is 0 Å². The molecule has 1 N–H and O–H groups in total. The Hall–Kier alpha value is -0.890. The molecule has 0 aliphatic heterocycles. The first-order valence-corrected chi connectivity index (χ1v) is 5.17. The number of aromatic nitrogens is 1. The molecular formula is C12H19NO. The molecule has 2 atom stereocenters. The minimum absolute atomic E-state index is 0.267. The highest BCUT2D eigenvalue weighted by Crippen LogP contribution is 2.23. The second-order valence-corrected chi connectivity index (χ2v) is 4.04. The van der Waals surface area contributed by atoms with E-state index in [-0.39, 0.29) is 5.92 Å². The molecule has 2 unspecified atom stereocenters. The van der Waals surface area contributed by atoms with Crippen molar-refractivity contribution in [3.8, 4) is 0 Å². The van der Waals surface area contributed by atoms with Crippen molar-refractivity contribution < 1.29 is 5.11 Å². The third-order valence-corrected chi connectivity index (χ3v) is 2.60. The topological polar surface area (TPSA) is 33.1 Å². The van der Waals surface area contributed by atoms with Gasteiger partial charge in [0, 0.05) is 5.69 Å². The van der Waals surface area contributed by atoms with Crippen molar-refractivity contribution in [2.75, 3.05) is 0 Å². The molecule has 1 rings (SSSR count). The molecular weight excluding hydrogens is 174 g/mol. The highest BCUT2D eigenvalue weighted by atomic mass is 16.3. The average Bonchev–Trinajstić information content (AvgIpc) is 2.14. The number of aliphatic hydroxyl groups is 1. The summed E-state index contributed by atoms with van der Waals surface area (Å²) in [7, 11) is 0. The summed E-state index contributed by atoms with van der Waals surface area (Å²) in [6.45, 7) is 8.11. The molecule has 1 aromatic heterocycles. The third kappa shape index (κ3) is 2.55. The Balaban J connectivity index is 2.94. The zero-order valence-electron chi connectivity index (χ0n) is 9.41. The average molecular weight is 193 g/mol. The second-order valence-electron chi connectivity index (χ2n) is 4.04. The van der Waals surface area contributed by atoms with Crippen molar-refractivity contribution in [3.63, 3.8) is 0 Å². The molecule has 0 aliphatic rings. The molecule has 0 bridgehead atoms. The van der Waals surface area contributed by atoms with Gasteiger partial charge in [-0.05, 0) is 37.5 Å². The van der Waals surface area contributed by atoms with Crippen LogP contribution in [0, 0.1) is 19.8 Å². The first-order valence-electron chi connectivity index (χ1n) is 5.17. The number of pyridine rings is 1. The molecule has 0 amide bonds. The van der Waals surface area contributed by atoms with Crippen LogP contribution in [0.25, 0.3) is 0 Å². The third-order valence-electron chi connectivity index (χ3n) is 2.60. The van der Waals surface area contributed by atoms with Crippen LogP contribution in [0.1, 0.15) is 43.3 Å². The molecule has 0 aliphatic carbocycles. The van der Waals surface area contributed by atoms with Crippen LogP contribution in [0.5, 0.6) is 0 Å². The minimum atomic E-state index is -0.432. The van der Waals surface area contributed by atoms with Gasteiger partial charge in [0.25, 0.3) is 0 Å². The van der Waals surface area contributed by atoms with Crippen LogP contribution in [-0.2, 0) is 0 Å². The fourth-order valence-corrected chi connectivity index (χ4v) is 1.54. The Labute approximate surface area is 86.0 Å². The van der Waals surface area contributed by atoms with Crippen LogP contribution in [0.15, 0.2) is 12.1 Å². The summed E-state index contributed by atoms with van der Waals surface area (Å²) in [6.07, 6.45) is 0.536. The van der Waals surface area contributed by atoms with Gasteiger partial charge in [-0.25, -0.2) is 0 Å². The predicted octanol–water partition coefficient (Wildman–Crippen LogP) is 2.78. The monoisotopic (exact) mass is 193 g/mol. The first-order chi connectivity index (χ1) is 6.54. The highest BCUT2D eigenvalue weighted by Gasteiger charge is 2.16. The Morgan fingerprint density at radius 1 is 1.36 bits per heavy atom. The quantitative estimate of drug-likeness (QED) is 0.800. The van der Waals surface area contributed by atoms with Gasteiger partial charge >= 0.3 is 0 Å². The molecule has 0 aromatic carbocycles. The lowest BCUT2D eigenvalue weighted by atomic mass is 9.98. The Bertz CT molecular complexity index is 289. The molecule has 1 aromatic rings. The maximum absolute atomic E-state index is 9.98. The molecule has 0 saturated carbocycles. The van der Waals surface area contributed by atoms with E-state index in [0.29, 0.717) is 0 Å². The largest absolute Gasteiger partial charge is 0.387 e. The molecule has 78 valence electrons. The van der Waals surface area contributed by atoms with Crippen LogP contribution in [0.3, 0.4) is 0 Å². The number of nitrogens with zero attached hydrogens (tertiary/aromatic N) is 1. The minimum Gasteiger partial charge on any atom is -0.387 e. The summed E-state index contributed by atoms with van der Waals surface area (Å²) >= 11 is 0. The zero-order valence-corrected chi connectivity index (χ0v) is 9.41. The van der Waals surface area contributed by atoms with Gasteiger partial charge in [-0.2, -0.15) is 0 Å². The fraction of sp³-hybridized carbons (Fsp3) is 0.583. The Morgan fingerprint density at radius 3 is 2.50 bits per heavy atom. The lowest BCUT2D eigenvalue weighted by molar-refractivity contribution is 0.111. The van der Waals surface area contributed by atoms with E-state index in [9.17, 15) is 5.11 Å². The zero-order chi connectivity index (χ0) is 10.7. The predicted molar refractivity (Wildman–Crippen MR) is 58.1 cm³/mol. The van der Waals surface area contributed by atoms with Crippen molar-refractivity contribution in [2.24, 2.45) is 5.92 Å². The maximum atomic E-state index is 9.98. The van der Waals surface area contributed by atoms with Gasteiger partial charge in [0.15, 0.2) is 0 Å². The van der Waals surface area contributed by atoms with Gasteiger partial charge < -0.3 is 5.11 Å². The van der Waals surface area contributed by atoms with E-state index >= 15 is 0 Å². The van der Waals surface area contributed by atoms with E-state index in [1.165, 1.54) is 0 Å². The number of aryl methyl sites for hydroxylation is 2. The molecule has 2 nitrogen and oxygen atoms in total. The molecule has 2 heteroatoms. The summed E-state index contributed by atoms with van der Waals surface area (Å²) < 4.78 is 0. The Morgan fingerprint density at radius 2 is 2.00 bits per heavy atom. The van der Waals surface area contributed by atoms with Crippen molar-refractivity contribution in [1.82, 2.24) is 4.98 Å². The van der Waals surface area contributed by atoms with Crippen LogP contribution < -0.4 is 0 Å². The molecule has 0 saturated heterocycles. The molecule has 14 heavy (non-hydrogen) atoms. The Kier molecular flexibility index (Phi) is 3.64. The van der Waals surface area contributed by atoms with Crippen molar-refractivity contribution in [2.45, 2.75) is 40.2 Å². The van der Waals surface area contributed by atoms with Crippen molar-refractivity contribution in [1.29, 1.82) is 0 Å². The molecule has 0 fully saturated rings. The number of hydrogen-bond donors (Lipinski definition) is 1. The SMILES string of the molecule is CCC(C)C(O)c1cc(C)cc(C)n1. The number of hydrogen-bond acceptors (Lipinski definition) is 2. The van der Waals surface area contributed by atoms with Crippen LogP contribution in [0.4, 0.5) is 0 Å². The molecule has 0 radical (unpaired) electrons. The lowest BCUT2D eigenvalue weighted by Crippen LogP contribution is -2.10. The summed E-state index contributed by atoms with van der Waals surface area (Å²) in [6, 6.07) is 3.98. The summed E-state index contributed by atoms with van der Waals surface area (Å²) in [5, 5.41) is 9.98. The van der Waals surface area contributed by atoms with Crippen LogP contribution >= 0.6 is 0 Å². The second kappa shape index (κ2) is 4.56. The smallest absolute Gasteiger partial charge is 0.0985 e. The van der Waals surface area contributed by atoms with Crippen molar-refractivity contribution in [3.05, 3.63) is 29.1 Å². The highest BCUT2D eigenvalue weighted by molar-refractivity contribution is 5.21. The van der Waals surface area contributed by atoms with Gasteiger partial charge in [-0.3, -0.25) is 4.98 Å². The first kappa shape index (κ1) is 11.2. The number of aliphatic hydroxyl groups excluding tert-OH is 1. The van der Waals surface area contributed by atoms with E-state index in [2.05, 4.69) is 11.9 Å².